The molecular weight excluding hydrogens is 364 g/mol. The first-order valence-corrected chi connectivity index (χ1v) is 8.90. The summed E-state index contributed by atoms with van der Waals surface area (Å²) in [6, 6.07) is 17.8. The molecule has 1 heterocycles. The second-order valence-electron chi connectivity index (χ2n) is 6.09. The van der Waals surface area contributed by atoms with Crippen molar-refractivity contribution in [2.24, 2.45) is 0 Å². The van der Waals surface area contributed by atoms with Crippen molar-refractivity contribution in [2.45, 2.75) is 13.8 Å². The highest BCUT2D eigenvalue weighted by Gasteiger charge is 2.24. The Morgan fingerprint density at radius 1 is 0.931 bits per heavy atom. The van der Waals surface area contributed by atoms with E-state index in [9.17, 15) is 4.79 Å². The van der Waals surface area contributed by atoms with Crippen molar-refractivity contribution in [2.75, 3.05) is 6.61 Å². The van der Waals surface area contributed by atoms with Gasteiger partial charge >= 0.3 is 5.97 Å². The average molecular weight is 380 g/mol. The zero-order valence-electron chi connectivity index (χ0n) is 15.9. The smallest absolute Gasteiger partial charge is 0.343 e. The van der Waals surface area contributed by atoms with E-state index in [-0.39, 0.29) is 12.2 Å². The molecular formula is C24H16N2O3. The second kappa shape index (κ2) is 8.61. The summed E-state index contributed by atoms with van der Waals surface area (Å²) in [5, 5.41) is 17.9. The third kappa shape index (κ3) is 4.19. The normalized spacial score (nSPS) is 9.66. The van der Waals surface area contributed by atoms with Crippen LogP contribution in [0.25, 0.3) is 11.3 Å². The van der Waals surface area contributed by atoms with Crippen LogP contribution in [0.5, 0.6) is 0 Å². The molecule has 0 N–H and O–H groups in total. The molecule has 0 aliphatic heterocycles. The first kappa shape index (κ1) is 19.5. The van der Waals surface area contributed by atoms with Crippen LogP contribution in [0.1, 0.15) is 45.3 Å². The molecule has 2 aromatic carbocycles. The lowest BCUT2D eigenvalue weighted by atomic mass is 10.0. The van der Waals surface area contributed by atoms with E-state index in [2.05, 4.69) is 24.0 Å². The molecule has 5 nitrogen and oxygen atoms in total. The van der Waals surface area contributed by atoms with Crippen LogP contribution in [0.15, 0.2) is 52.9 Å². The first-order valence-electron chi connectivity index (χ1n) is 8.90. The molecule has 0 fully saturated rings. The standard InChI is InChI=1S/C24H16N2O3/c1-3-28-24(27)22-16(2)29-23(20-11-8-19(15-26)9-12-20)21(22)13-10-17-4-6-18(14-25)7-5-17/h4-9,11-12H,3H2,1-2H3. The second-order valence-corrected chi connectivity index (χ2v) is 6.09. The fourth-order valence-corrected chi connectivity index (χ4v) is 2.78. The molecule has 0 unspecified atom stereocenters. The Hall–Kier alpha value is -4.27. The number of furan rings is 1. The molecule has 29 heavy (non-hydrogen) atoms. The zero-order valence-corrected chi connectivity index (χ0v) is 15.9. The summed E-state index contributed by atoms with van der Waals surface area (Å²) in [6.07, 6.45) is 0. The molecule has 0 bridgehead atoms. The summed E-state index contributed by atoms with van der Waals surface area (Å²) >= 11 is 0. The number of hydrogen-bond donors (Lipinski definition) is 0. The van der Waals surface area contributed by atoms with Crippen LogP contribution in [0.4, 0.5) is 0 Å². The highest BCUT2D eigenvalue weighted by atomic mass is 16.5. The van der Waals surface area contributed by atoms with E-state index in [1.165, 1.54) is 0 Å². The number of hydrogen-bond acceptors (Lipinski definition) is 5. The van der Waals surface area contributed by atoms with Crippen LogP contribution in [-0.2, 0) is 4.74 Å². The van der Waals surface area contributed by atoms with E-state index in [1.807, 2.05) is 0 Å². The Bertz CT molecular complexity index is 1190. The van der Waals surface area contributed by atoms with Gasteiger partial charge in [0.1, 0.15) is 11.3 Å². The molecule has 5 heteroatoms. The highest BCUT2D eigenvalue weighted by Crippen LogP contribution is 2.31. The lowest BCUT2D eigenvalue weighted by Gasteiger charge is -2.01. The van der Waals surface area contributed by atoms with E-state index in [0.717, 1.165) is 0 Å². The topological polar surface area (TPSA) is 87.0 Å². The van der Waals surface area contributed by atoms with Gasteiger partial charge in [0.2, 0.25) is 0 Å². The number of ether oxygens (including phenoxy) is 1. The van der Waals surface area contributed by atoms with E-state index in [1.54, 1.807) is 62.4 Å². The fraction of sp³-hybridized carbons (Fsp3) is 0.125. The number of carbonyl (C=O) groups excluding carboxylic acids is 1. The van der Waals surface area contributed by atoms with Gasteiger partial charge in [0, 0.05) is 11.1 Å². The lowest BCUT2D eigenvalue weighted by Crippen LogP contribution is -2.07. The molecule has 0 atom stereocenters. The fourth-order valence-electron chi connectivity index (χ4n) is 2.78. The minimum absolute atomic E-state index is 0.234. The predicted molar refractivity (Wildman–Crippen MR) is 107 cm³/mol. The number of nitriles is 2. The lowest BCUT2D eigenvalue weighted by molar-refractivity contribution is 0.0524. The van der Waals surface area contributed by atoms with Gasteiger partial charge in [0.05, 0.1) is 35.4 Å². The summed E-state index contributed by atoms with van der Waals surface area (Å²) in [4.78, 5) is 12.5. The van der Waals surface area contributed by atoms with Gasteiger partial charge in [-0.25, -0.2) is 4.79 Å². The third-order valence-electron chi connectivity index (χ3n) is 4.19. The van der Waals surface area contributed by atoms with Gasteiger partial charge in [-0.2, -0.15) is 10.5 Å². The zero-order chi connectivity index (χ0) is 20.8. The molecule has 140 valence electrons. The van der Waals surface area contributed by atoms with Crippen molar-refractivity contribution >= 4 is 5.97 Å². The van der Waals surface area contributed by atoms with Crippen molar-refractivity contribution in [3.63, 3.8) is 0 Å². The Balaban J connectivity index is 2.13. The van der Waals surface area contributed by atoms with Crippen LogP contribution in [0.2, 0.25) is 0 Å². The molecule has 3 rings (SSSR count). The van der Waals surface area contributed by atoms with E-state index in [4.69, 9.17) is 19.7 Å². The molecule has 1 aromatic heterocycles. The van der Waals surface area contributed by atoms with Gasteiger partial charge in [0.25, 0.3) is 0 Å². The monoisotopic (exact) mass is 380 g/mol. The van der Waals surface area contributed by atoms with Crippen LogP contribution >= 0.6 is 0 Å². The maximum absolute atomic E-state index is 12.5. The highest BCUT2D eigenvalue weighted by molar-refractivity contribution is 5.96. The SMILES string of the molecule is CCOC(=O)c1c(C)oc(-c2ccc(C#N)cc2)c1C#Cc1ccc(C#N)cc1. The van der Waals surface area contributed by atoms with Crippen LogP contribution in [0.3, 0.4) is 0 Å². The summed E-state index contributed by atoms with van der Waals surface area (Å²) in [7, 11) is 0. The number of nitrogens with zero attached hydrogens (tertiary/aromatic N) is 2. The van der Waals surface area contributed by atoms with Crippen molar-refractivity contribution in [3.05, 3.63) is 82.1 Å². The molecule has 0 aliphatic carbocycles. The minimum Gasteiger partial charge on any atom is -0.462 e. The summed E-state index contributed by atoms with van der Waals surface area (Å²) in [6.45, 7) is 3.65. The third-order valence-corrected chi connectivity index (χ3v) is 4.19. The predicted octanol–water partition coefficient (Wildman–Crippen LogP) is 4.57. The molecule has 0 amide bonds. The Labute approximate surface area is 168 Å². The van der Waals surface area contributed by atoms with E-state index in [0.29, 0.717) is 39.3 Å². The maximum Gasteiger partial charge on any atom is 0.343 e. The van der Waals surface area contributed by atoms with Crippen LogP contribution in [0, 0.1) is 41.4 Å². The Morgan fingerprint density at radius 2 is 1.48 bits per heavy atom. The van der Waals surface area contributed by atoms with Crippen LogP contribution in [-0.4, -0.2) is 12.6 Å². The van der Waals surface area contributed by atoms with E-state index >= 15 is 0 Å². The minimum atomic E-state index is -0.502. The van der Waals surface area contributed by atoms with Crippen molar-refractivity contribution in [1.82, 2.24) is 0 Å². The van der Waals surface area contributed by atoms with Gasteiger partial charge in [-0.3, -0.25) is 0 Å². The number of rotatable bonds is 3. The van der Waals surface area contributed by atoms with Gasteiger partial charge in [-0.15, -0.1) is 0 Å². The molecule has 0 radical (unpaired) electrons. The molecule has 0 aliphatic rings. The Kier molecular flexibility index (Phi) is 5.79. The summed E-state index contributed by atoms with van der Waals surface area (Å²) in [5.41, 5.74) is 3.17. The largest absolute Gasteiger partial charge is 0.462 e. The number of aryl methyl sites for hydroxylation is 1. The first-order chi connectivity index (χ1) is 14.1. The summed E-state index contributed by atoms with van der Waals surface area (Å²) in [5.74, 6) is 6.39. The molecule has 0 spiro atoms. The quantitative estimate of drug-likeness (QED) is 0.490. The average Bonchev–Trinajstić information content (AvgIpc) is 3.09. The number of esters is 1. The molecule has 3 aromatic rings. The Morgan fingerprint density at radius 3 is 2.03 bits per heavy atom. The molecule has 0 saturated heterocycles. The van der Waals surface area contributed by atoms with Crippen molar-refractivity contribution in [1.29, 1.82) is 10.5 Å². The molecule has 0 saturated carbocycles. The number of carbonyl (C=O) groups is 1. The van der Waals surface area contributed by atoms with E-state index < -0.39 is 5.97 Å². The van der Waals surface area contributed by atoms with Crippen LogP contribution < -0.4 is 0 Å². The number of benzene rings is 2. The van der Waals surface area contributed by atoms with Crippen molar-refractivity contribution in [3.8, 4) is 35.3 Å². The van der Waals surface area contributed by atoms with Crippen molar-refractivity contribution < 1.29 is 13.9 Å². The van der Waals surface area contributed by atoms with Gasteiger partial charge < -0.3 is 9.15 Å². The van der Waals surface area contributed by atoms with Gasteiger partial charge in [0.15, 0.2) is 5.76 Å². The maximum atomic E-state index is 12.5. The van der Waals surface area contributed by atoms with Gasteiger partial charge in [-0.05, 0) is 62.4 Å². The van der Waals surface area contributed by atoms with Gasteiger partial charge in [-0.1, -0.05) is 11.8 Å². The summed E-state index contributed by atoms with van der Waals surface area (Å²) < 4.78 is 11.0.